The SMILES string of the molecule is CC(C)n1ccc(COc2ccc(Br)c(CN)c2)n1. The van der Waals surface area contributed by atoms with E-state index in [2.05, 4.69) is 34.9 Å². The van der Waals surface area contributed by atoms with Crippen molar-refractivity contribution in [2.45, 2.75) is 33.0 Å². The zero-order chi connectivity index (χ0) is 13.8. The third kappa shape index (κ3) is 3.58. The quantitative estimate of drug-likeness (QED) is 0.918. The number of aromatic nitrogens is 2. The van der Waals surface area contributed by atoms with E-state index in [4.69, 9.17) is 10.5 Å². The molecule has 0 spiro atoms. The number of hydrogen-bond acceptors (Lipinski definition) is 3. The smallest absolute Gasteiger partial charge is 0.132 e. The van der Waals surface area contributed by atoms with Gasteiger partial charge in [-0.05, 0) is 43.7 Å². The van der Waals surface area contributed by atoms with E-state index in [0.717, 1.165) is 21.5 Å². The molecule has 0 aliphatic carbocycles. The van der Waals surface area contributed by atoms with E-state index < -0.39 is 0 Å². The van der Waals surface area contributed by atoms with E-state index in [0.29, 0.717) is 19.2 Å². The predicted octanol–water partition coefficient (Wildman–Crippen LogP) is 3.26. The molecule has 0 unspecified atom stereocenters. The molecule has 0 amide bonds. The lowest BCUT2D eigenvalue weighted by molar-refractivity contribution is 0.298. The molecule has 0 radical (unpaired) electrons. The van der Waals surface area contributed by atoms with E-state index in [9.17, 15) is 0 Å². The van der Waals surface area contributed by atoms with Crippen molar-refractivity contribution in [3.63, 3.8) is 0 Å². The van der Waals surface area contributed by atoms with Gasteiger partial charge in [0.15, 0.2) is 0 Å². The largest absolute Gasteiger partial charge is 0.487 e. The molecule has 19 heavy (non-hydrogen) atoms. The van der Waals surface area contributed by atoms with Crippen LogP contribution >= 0.6 is 15.9 Å². The molecule has 0 saturated carbocycles. The van der Waals surface area contributed by atoms with Gasteiger partial charge in [-0.15, -0.1) is 0 Å². The summed E-state index contributed by atoms with van der Waals surface area (Å²) in [5.41, 5.74) is 7.62. The number of ether oxygens (including phenoxy) is 1. The Labute approximate surface area is 121 Å². The first-order chi connectivity index (χ1) is 9.10. The Balaban J connectivity index is 2.01. The summed E-state index contributed by atoms with van der Waals surface area (Å²) in [6.45, 7) is 5.14. The number of hydrogen-bond donors (Lipinski definition) is 1. The number of benzene rings is 1. The highest BCUT2D eigenvalue weighted by Crippen LogP contribution is 2.22. The Bertz CT molecular complexity index is 551. The second-order valence-corrected chi connectivity index (χ2v) is 5.48. The van der Waals surface area contributed by atoms with E-state index in [-0.39, 0.29) is 0 Å². The zero-order valence-corrected chi connectivity index (χ0v) is 12.7. The van der Waals surface area contributed by atoms with Crippen molar-refractivity contribution in [2.24, 2.45) is 5.73 Å². The summed E-state index contributed by atoms with van der Waals surface area (Å²) in [4.78, 5) is 0. The van der Waals surface area contributed by atoms with Crippen molar-refractivity contribution in [1.82, 2.24) is 9.78 Å². The molecule has 0 fully saturated rings. The number of nitrogens with two attached hydrogens (primary N) is 1. The van der Waals surface area contributed by atoms with Gasteiger partial charge in [-0.2, -0.15) is 5.10 Å². The van der Waals surface area contributed by atoms with Crippen LogP contribution in [0, 0.1) is 0 Å². The van der Waals surface area contributed by atoms with Gasteiger partial charge in [-0.25, -0.2) is 0 Å². The molecule has 102 valence electrons. The van der Waals surface area contributed by atoms with Gasteiger partial charge >= 0.3 is 0 Å². The van der Waals surface area contributed by atoms with Crippen LogP contribution in [0.2, 0.25) is 0 Å². The third-order valence-electron chi connectivity index (χ3n) is 2.82. The fourth-order valence-electron chi connectivity index (χ4n) is 1.70. The molecule has 1 heterocycles. The molecule has 2 N–H and O–H groups in total. The van der Waals surface area contributed by atoms with Crippen LogP contribution in [-0.4, -0.2) is 9.78 Å². The van der Waals surface area contributed by atoms with Crippen molar-refractivity contribution in [3.05, 3.63) is 46.2 Å². The number of rotatable bonds is 5. The van der Waals surface area contributed by atoms with Crippen LogP contribution in [-0.2, 0) is 13.2 Å². The standard InChI is InChI=1S/C14H18BrN3O/c1-10(2)18-6-5-12(17-18)9-19-13-3-4-14(15)11(7-13)8-16/h3-7,10H,8-9,16H2,1-2H3. The van der Waals surface area contributed by atoms with Gasteiger partial charge in [0, 0.05) is 23.3 Å². The van der Waals surface area contributed by atoms with Crippen LogP contribution in [0.15, 0.2) is 34.9 Å². The maximum Gasteiger partial charge on any atom is 0.132 e. The Morgan fingerprint density at radius 1 is 1.37 bits per heavy atom. The first-order valence-electron chi connectivity index (χ1n) is 6.25. The van der Waals surface area contributed by atoms with Crippen LogP contribution in [0.1, 0.15) is 31.1 Å². The highest BCUT2D eigenvalue weighted by atomic mass is 79.9. The van der Waals surface area contributed by atoms with Gasteiger partial charge in [0.05, 0.1) is 5.69 Å². The molecule has 2 rings (SSSR count). The summed E-state index contributed by atoms with van der Waals surface area (Å²) in [6.07, 6.45) is 1.97. The van der Waals surface area contributed by atoms with Crippen molar-refractivity contribution in [3.8, 4) is 5.75 Å². The highest BCUT2D eigenvalue weighted by Gasteiger charge is 2.04. The van der Waals surface area contributed by atoms with Gasteiger partial charge < -0.3 is 10.5 Å². The Kier molecular flexibility index (Phi) is 4.61. The lowest BCUT2D eigenvalue weighted by Gasteiger charge is -2.08. The summed E-state index contributed by atoms with van der Waals surface area (Å²) in [6, 6.07) is 8.16. The first kappa shape index (κ1) is 14.1. The minimum atomic E-state index is 0.366. The molecule has 0 aliphatic heterocycles. The fourth-order valence-corrected chi connectivity index (χ4v) is 2.11. The van der Waals surface area contributed by atoms with Crippen molar-refractivity contribution >= 4 is 15.9 Å². The molecule has 5 heteroatoms. The normalized spacial score (nSPS) is 11.0. The topological polar surface area (TPSA) is 53.1 Å². The lowest BCUT2D eigenvalue weighted by atomic mass is 10.2. The first-order valence-corrected chi connectivity index (χ1v) is 7.04. The molecule has 0 aliphatic rings. The maximum absolute atomic E-state index is 5.73. The average molecular weight is 324 g/mol. The predicted molar refractivity (Wildman–Crippen MR) is 79.0 cm³/mol. The Morgan fingerprint density at radius 3 is 2.79 bits per heavy atom. The van der Waals surface area contributed by atoms with Gasteiger partial charge in [0.1, 0.15) is 12.4 Å². The third-order valence-corrected chi connectivity index (χ3v) is 3.59. The van der Waals surface area contributed by atoms with E-state index in [1.54, 1.807) is 0 Å². The van der Waals surface area contributed by atoms with E-state index in [1.165, 1.54) is 0 Å². The molecule has 1 aromatic carbocycles. The minimum absolute atomic E-state index is 0.366. The van der Waals surface area contributed by atoms with Crippen LogP contribution < -0.4 is 10.5 Å². The number of halogens is 1. The van der Waals surface area contributed by atoms with Gasteiger partial charge in [-0.1, -0.05) is 15.9 Å². The van der Waals surface area contributed by atoms with Crippen LogP contribution in [0.3, 0.4) is 0 Å². The summed E-state index contributed by atoms with van der Waals surface area (Å²) in [5, 5.41) is 4.44. The summed E-state index contributed by atoms with van der Waals surface area (Å²) in [7, 11) is 0. The van der Waals surface area contributed by atoms with Crippen molar-refractivity contribution in [2.75, 3.05) is 0 Å². The molecular weight excluding hydrogens is 306 g/mol. The van der Waals surface area contributed by atoms with Crippen molar-refractivity contribution < 1.29 is 4.74 Å². The van der Waals surface area contributed by atoms with Gasteiger partial charge in [0.25, 0.3) is 0 Å². The second kappa shape index (κ2) is 6.21. The summed E-state index contributed by atoms with van der Waals surface area (Å²) >= 11 is 3.45. The zero-order valence-electron chi connectivity index (χ0n) is 11.1. The molecule has 0 saturated heterocycles. The number of nitrogens with zero attached hydrogens (tertiary/aromatic N) is 2. The molecule has 0 bridgehead atoms. The average Bonchev–Trinajstić information content (AvgIpc) is 2.87. The monoisotopic (exact) mass is 323 g/mol. The Morgan fingerprint density at radius 2 is 2.16 bits per heavy atom. The molecule has 4 nitrogen and oxygen atoms in total. The summed E-state index contributed by atoms with van der Waals surface area (Å²) in [5.74, 6) is 0.808. The Hall–Kier alpha value is -1.33. The van der Waals surface area contributed by atoms with Crippen LogP contribution in [0.5, 0.6) is 5.75 Å². The van der Waals surface area contributed by atoms with Crippen molar-refractivity contribution in [1.29, 1.82) is 0 Å². The van der Waals surface area contributed by atoms with Crippen LogP contribution in [0.25, 0.3) is 0 Å². The minimum Gasteiger partial charge on any atom is -0.487 e. The van der Waals surface area contributed by atoms with Crippen LogP contribution in [0.4, 0.5) is 0 Å². The second-order valence-electron chi connectivity index (χ2n) is 4.63. The highest BCUT2D eigenvalue weighted by molar-refractivity contribution is 9.10. The molecule has 1 aromatic heterocycles. The van der Waals surface area contributed by atoms with Gasteiger partial charge in [-0.3, -0.25) is 4.68 Å². The molecule has 0 atom stereocenters. The molecule has 2 aromatic rings. The van der Waals surface area contributed by atoms with E-state index >= 15 is 0 Å². The summed E-state index contributed by atoms with van der Waals surface area (Å²) < 4.78 is 8.66. The lowest BCUT2D eigenvalue weighted by Crippen LogP contribution is -2.04. The molecular formula is C14H18BrN3O. The maximum atomic E-state index is 5.73. The fraction of sp³-hybridized carbons (Fsp3) is 0.357. The van der Waals surface area contributed by atoms with E-state index in [1.807, 2.05) is 35.1 Å². The van der Waals surface area contributed by atoms with Gasteiger partial charge in [0.2, 0.25) is 0 Å².